The van der Waals surface area contributed by atoms with E-state index in [2.05, 4.69) is 15.6 Å². The molecule has 0 spiro atoms. The Morgan fingerprint density at radius 3 is 2.89 bits per heavy atom. The minimum atomic E-state index is -3.92. The first-order chi connectivity index (χ1) is 16.7. The molecule has 0 aliphatic carbocycles. The van der Waals surface area contributed by atoms with E-state index in [-0.39, 0.29) is 42.7 Å². The van der Waals surface area contributed by atoms with Crippen molar-refractivity contribution in [2.75, 3.05) is 26.7 Å². The number of nitrogens with one attached hydrogen (secondary N) is 2. The van der Waals surface area contributed by atoms with Crippen LogP contribution in [0.25, 0.3) is 10.1 Å². The fraction of sp³-hybridized carbons (Fsp3) is 0.381. The average Bonchev–Trinajstić information content (AvgIpc) is 3.46. The van der Waals surface area contributed by atoms with Gasteiger partial charge in [0.1, 0.15) is 22.2 Å². The molecular formula is C21H22ClN5O6S2. The number of aliphatic hydroxyl groups is 1. The van der Waals surface area contributed by atoms with Gasteiger partial charge in [0.2, 0.25) is 5.91 Å². The Bertz CT molecular complexity index is 1420. The van der Waals surface area contributed by atoms with E-state index in [9.17, 15) is 23.1 Å². The molecule has 2 amide bonds. The lowest BCUT2D eigenvalue weighted by molar-refractivity contribution is -0.126. The maximum Gasteiger partial charge on any atom is 0.310 e. The molecule has 4 heterocycles. The van der Waals surface area contributed by atoms with E-state index in [0.717, 1.165) is 21.4 Å². The number of thiophene rings is 1. The number of likely N-dealkylation sites (N-methyl/N-ethyl adjacent to an activating group) is 1. The first kappa shape index (κ1) is 24.2. The number of hydrogen-bond donors (Lipinski definition) is 3. The zero-order chi connectivity index (χ0) is 24.9. The summed E-state index contributed by atoms with van der Waals surface area (Å²) in [5.41, 5.74) is 0.474. The predicted molar refractivity (Wildman–Crippen MR) is 128 cm³/mol. The highest BCUT2D eigenvalue weighted by molar-refractivity contribution is 7.91. The molecule has 2 atom stereocenters. The van der Waals surface area contributed by atoms with E-state index in [1.165, 1.54) is 16.3 Å². The number of fused-ring (bicyclic) bond motifs is 2. The van der Waals surface area contributed by atoms with E-state index in [1.54, 1.807) is 24.3 Å². The molecule has 186 valence electrons. The maximum atomic E-state index is 13.4. The van der Waals surface area contributed by atoms with Gasteiger partial charge in [-0.1, -0.05) is 17.7 Å². The largest absolute Gasteiger partial charge is 0.436 e. The van der Waals surface area contributed by atoms with Crippen LogP contribution in [0.4, 0.5) is 0 Å². The third kappa shape index (κ3) is 4.43. The quantitative estimate of drug-likeness (QED) is 0.441. The van der Waals surface area contributed by atoms with Gasteiger partial charge >= 0.3 is 5.91 Å². The van der Waals surface area contributed by atoms with Crippen LogP contribution in [0.1, 0.15) is 22.1 Å². The fourth-order valence-corrected chi connectivity index (χ4v) is 7.47. The van der Waals surface area contributed by atoms with Gasteiger partial charge in [-0.15, -0.1) is 11.3 Å². The monoisotopic (exact) mass is 539 g/mol. The third-order valence-electron chi connectivity index (χ3n) is 6.05. The summed E-state index contributed by atoms with van der Waals surface area (Å²) in [6, 6.07) is 5.65. The van der Waals surface area contributed by atoms with Crippen LogP contribution in [0, 0.1) is 0 Å². The number of piperazine rings is 1. The number of amides is 2. The van der Waals surface area contributed by atoms with E-state index in [1.807, 2.05) is 0 Å². The Kier molecular flexibility index (Phi) is 6.32. The standard InChI is InChI=1S/C21H22ClN5O6S2/c1-23-19(29)14-10-26(35(31,32)18-6-11-2-3-12(22)7-16(11)34-18)4-5-27(14)21(30)20-25-13-8-17(28)24-9-15(13)33-20/h2-3,6-7,14,17,24,28H,4-5,8-10H2,1H3,(H,23,29). The van der Waals surface area contributed by atoms with Crippen molar-refractivity contribution >= 4 is 54.9 Å². The molecule has 35 heavy (non-hydrogen) atoms. The molecule has 1 fully saturated rings. The number of aliphatic hydroxyl groups excluding tert-OH is 1. The van der Waals surface area contributed by atoms with Crippen LogP contribution in [0.5, 0.6) is 0 Å². The number of aromatic nitrogens is 1. The molecule has 0 saturated carbocycles. The summed E-state index contributed by atoms with van der Waals surface area (Å²) in [6.07, 6.45) is -0.593. The Morgan fingerprint density at radius 2 is 2.11 bits per heavy atom. The first-order valence-corrected chi connectivity index (χ1v) is 13.4. The van der Waals surface area contributed by atoms with Gasteiger partial charge in [-0.3, -0.25) is 14.9 Å². The van der Waals surface area contributed by atoms with Crippen LogP contribution in [0.3, 0.4) is 0 Å². The third-order valence-corrected chi connectivity index (χ3v) is 9.70. The number of hydrogen-bond acceptors (Lipinski definition) is 9. The number of halogens is 1. The van der Waals surface area contributed by atoms with Crippen LogP contribution in [0.15, 0.2) is 32.9 Å². The number of sulfonamides is 1. The normalized spacial score (nSPS) is 21.2. The van der Waals surface area contributed by atoms with Crippen molar-refractivity contribution in [3.05, 3.63) is 46.6 Å². The molecule has 1 saturated heterocycles. The lowest BCUT2D eigenvalue weighted by Gasteiger charge is -2.38. The van der Waals surface area contributed by atoms with Gasteiger partial charge < -0.3 is 19.7 Å². The molecule has 5 rings (SSSR count). The molecule has 2 aromatic heterocycles. The van der Waals surface area contributed by atoms with E-state index < -0.39 is 34.1 Å². The Morgan fingerprint density at radius 1 is 1.31 bits per heavy atom. The molecular weight excluding hydrogens is 518 g/mol. The van der Waals surface area contributed by atoms with Crippen molar-refractivity contribution in [1.29, 1.82) is 0 Å². The lowest BCUT2D eigenvalue weighted by atomic mass is 10.1. The topological polar surface area (TPSA) is 145 Å². The van der Waals surface area contributed by atoms with Crippen molar-refractivity contribution < 1.29 is 27.5 Å². The van der Waals surface area contributed by atoms with Crippen molar-refractivity contribution in [3.8, 4) is 0 Å². The molecule has 3 N–H and O–H groups in total. The van der Waals surface area contributed by atoms with Gasteiger partial charge in [0.05, 0.1) is 12.2 Å². The fourth-order valence-electron chi connectivity index (χ4n) is 4.21. The summed E-state index contributed by atoms with van der Waals surface area (Å²) < 4.78 is 34.5. The van der Waals surface area contributed by atoms with Gasteiger partial charge in [0, 0.05) is 42.8 Å². The zero-order valence-electron chi connectivity index (χ0n) is 18.5. The second-order valence-corrected chi connectivity index (χ2v) is 11.9. The highest BCUT2D eigenvalue weighted by atomic mass is 35.5. The number of benzene rings is 1. The minimum Gasteiger partial charge on any atom is -0.436 e. The van der Waals surface area contributed by atoms with Crippen LogP contribution >= 0.6 is 22.9 Å². The highest BCUT2D eigenvalue weighted by Gasteiger charge is 2.42. The summed E-state index contributed by atoms with van der Waals surface area (Å²) in [5, 5.41) is 16.3. The van der Waals surface area contributed by atoms with Gasteiger partial charge in [-0.25, -0.2) is 13.4 Å². The molecule has 14 heteroatoms. The molecule has 0 radical (unpaired) electrons. The minimum absolute atomic E-state index is 0.00272. The number of carbonyl (C=O) groups is 2. The zero-order valence-corrected chi connectivity index (χ0v) is 20.9. The van der Waals surface area contributed by atoms with E-state index >= 15 is 0 Å². The van der Waals surface area contributed by atoms with Crippen LogP contribution in [-0.4, -0.2) is 78.5 Å². The van der Waals surface area contributed by atoms with E-state index in [4.69, 9.17) is 16.0 Å². The number of carbonyl (C=O) groups excluding carboxylic acids is 2. The van der Waals surface area contributed by atoms with Crippen LogP contribution in [-0.2, 0) is 27.8 Å². The number of nitrogens with zero attached hydrogens (tertiary/aromatic N) is 3. The van der Waals surface area contributed by atoms with Gasteiger partial charge in [-0.2, -0.15) is 4.31 Å². The molecule has 1 aromatic carbocycles. The number of oxazole rings is 1. The summed E-state index contributed by atoms with van der Waals surface area (Å²) >= 11 is 7.13. The SMILES string of the molecule is CNC(=O)C1CN(S(=O)(=O)c2cc3ccc(Cl)cc3s2)CCN1C(=O)c1nc2c(o1)CNC(O)C2. The predicted octanol–water partition coefficient (Wildman–Crippen LogP) is 0.768. The summed E-state index contributed by atoms with van der Waals surface area (Å²) in [6.45, 7) is -0.0243. The Balaban J connectivity index is 1.40. The summed E-state index contributed by atoms with van der Waals surface area (Å²) in [5.74, 6) is -0.871. The van der Waals surface area contributed by atoms with Crippen molar-refractivity contribution in [3.63, 3.8) is 0 Å². The second-order valence-electron chi connectivity index (χ2n) is 8.23. The van der Waals surface area contributed by atoms with Crippen LogP contribution < -0.4 is 10.6 Å². The molecule has 2 aliphatic rings. The number of rotatable bonds is 4. The molecule has 2 unspecified atom stereocenters. The van der Waals surface area contributed by atoms with Gasteiger partial charge in [0.15, 0.2) is 0 Å². The maximum absolute atomic E-state index is 13.4. The Labute approximate surface area is 209 Å². The molecule has 3 aromatic rings. The average molecular weight is 540 g/mol. The van der Waals surface area contributed by atoms with Gasteiger partial charge in [-0.05, 0) is 23.6 Å². The second kappa shape index (κ2) is 9.15. The summed E-state index contributed by atoms with van der Waals surface area (Å²) in [7, 11) is -2.50. The molecule has 11 nitrogen and oxygen atoms in total. The van der Waals surface area contributed by atoms with Crippen LogP contribution in [0.2, 0.25) is 5.02 Å². The molecule has 2 aliphatic heterocycles. The van der Waals surface area contributed by atoms with Crippen molar-refractivity contribution in [2.24, 2.45) is 0 Å². The molecule has 0 bridgehead atoms. The first-order valence-electron chi connectivity index (χ1n) is 10.8. The highest BCUT2D eigenvalue weighted by Crippen LogP contribution is 2.33. The van der Waals surface area contributed by atoms with E-state index in [0.29, 0.717) is 16.5 Å². The van der Waals surface area contributed by atoms with Gasteiger partial charge in [0.25, 0.3) is 15.9 Å². The lowest BCUT2D eigenvalue weighted by Crippen LogP contribution is -2.61. The Hall–Kier alpha value is -2.55. The summed E-state index contributed by atoms with van der Waals surface area (Å²) in [4.78, 5) is 31.4. The van der Waals surface area contributed by atoms with Crippen molar-refractivity contribution in [1.82, 2.24) is 24.8 Å². The smallest absolute Gasteiger partial charge is 0.310 e. The van der Waals surface area contributed by atoms with Crippen molar-refractivity contribution in [2.45, 2.75) is 29.4 Å².